The maximum atomic E-state index is 10.8. The zero-order chi connectivity index (χ0) is 12.3. The van der Waals surface area contributed by atoms with E-state index in [0.29, 0.717) is 0 Å². The van der Waals surface area contributed by atoms with E-state index in [9.17, 15) is 4.79 Å². The normalized spacial score (nSPS) is 19.1. The Labute approximate surface area is 101 Å². The molecule has 1 aliphatic rings. The topological polar surface area (TPSA) is 59.6 Å². The molecule has 0 aromatic carbocycles. The molecule has 0 unspecified atom stereocenters. The van der Waals surface area contributed by atoms with Crippen molar-refractivity contribution in [2.24, 2.45) is 0 Å². The number of carboxylic acids is 1. The third-order valence-corrected chi connectivity index (χ3v) is 3.18. The second-order valence-corrected chi connectivity index (χ2v) is 4.64. The molecule has 0 amide bonds. The van der Waals surface area contributed by atoms with E-state index in [-0.39, 0.29) is 5.69 Å². The highest BCUT2D eigenvalue weighted by Gasteiger charge is 2.13. The van der Waals surface area contributed by atoms with Gasteiger partial charge in [-0.2, -0.15) is 0 Å². The second kappa shape index (κ2) is 5.33. The minimum Gasteiger partial charge on any atom is -0.477 e. The van der Waals surface area contributed by atoms with Crippen molar-refractivity contribution in [1.82, 2.24) is 14.8 Å². The van der Waals surface area contributed by atoms with Crippen LogP contribution >= 0.6 is 0 Å². The molecule has 0 saturated carbocycles. The van der Waals surface area contributed by atoms with Crippen molar-refractivity contribution in [3.05, 3.63) is 23.5 Å². The summed E-state index contributed by atoms with van der Waals surface area (Å²) in [6.07, 6.45) is 1.17. The highest BCUT2D eigenvalue weighted by atomic mass is 16.4. The zero-order valence-electron chi connectivity index (χ0n) is 10.1. The van der Waals surface area contributed by atoms with Crippen molar-refractivity contribution >= 4 is 5.97 Å². The summed E-state index contributed by atoms with van der Waals surface area (Å²) in [6, 6.07) is 3.49. The van der Waals surface area contributed by atoms with Gasteiger partial charge in [0.25, 0.3) is 0 Å². The van der Waals surface area contributed by atoms with Gasteiger partial charge in [-0.3, -0.25) is 4.90 Å². The summed E-state index contributed by atoms with van der Waals surface area (Å²) in [5.74, 6) is -0.896. The number of aromatic amines is 1. The van der Waals surface area contributed by atoms with E-state index >= 15 is 0 Å². The van der Waals surface area contributed by atoms with E-state index < -0.39 is 5.97 Å². The number of nitrogens with zero attached hydrogens (tertiary/aromatic N) is 2. The predicted molar refractivity (Wildman–Crippen MR) is 65.1 cm³/mol. The van der Waals surface area contributed by atoms with Gasteiger partial charge in [-0.1, -0.05) is 0 Å². The Morgan fingerprint density at radius 1 is 1.35 bits per heavy atom. The molecular weight excluding hydrogens is 218 g/mol. The summed E-state index contributed by atoms with van der Waals surface area (Å²) >= 11 is 0. The summed E-state index contributed by atoms with van der Waals surface area (Å²) < 4.78 is 0. The summed E-state index contributed by atoms with van der Waals surface area (Å²) in [5, 5.41) is 8.83. The first kappa shape index (κ1) is 12.1. The Kier molecular flexibility index (Phi) is 3.81. The molecule has 2 heterocycles. The molecule has 1 saturated heterocycles. The first-order valence-corrected chi connectivity index (χ1v) is 5.97. The van der Waals surface area contributed by atoms with E-state index in [4.69, 9.17) is 5.11 Å². The van der Waals surface area contributed by atoms with Crippen molar-refractivity contribution in [3.8, 4) is 0 Å². The predicted octanol–water partition coefficient (Wildman–Crippen LogP) is 0.850. The Morgan fingerprint density at radius 2 is 2.18 bits per heavy atom. The number of hydrogen-bond donors (Lipinski definition) is 2. The van der Waals surface area contributed by atoms with Crippen LogP contribution in [-0.2, 0) is 6.54 Å². The van der Waals surface area contributed by atoms with Gasteiger partial charge in [0.2, 0.25) is 0 Å². The van der Waals surface area contributed by atoms with E-state index in [1.807, 2.05) is 6.07 Å². The maximum Gasteiger partial charge on any atom is 0.352 e. The van der Waals surface area contributed by atoms with Gasteiger partial charge in [-0.15, -0.1) is 0 Å². The maximum absolute atomic E-state index is 10.8. The Hall–Kier alpha value is -1.33. The van der Waals surface area contributed by atoms with Gasteiger partial charge in [-0.05, 0) is 38.7 Å². The highest BCUT2D eigenvalue weighted by Crippen LogP contribution is 2.08. The molecule has 1 aliphatic heterocycles. The van der Waals surface area contributed by atoms with Gasteiger partial charge in [0.05, 0.1) is 0 Å². The SMILES string of the molecule is CN1CCCN(Cc2ccc(C(=O)O)[nH]2)CC1. The van der Waals surface area contributed by atoms with Crippen molar-refractivity contribution in [1.29, 1.82) is 0 Å². The minimum atomic E-state index is -0.896. The quantitative estimate of drug-likeness (QED) is 0.818. The van der Waals surface area contributed by atoms with Crippen LogP contribution in [0, 0.1) is 0 Å². The highest BCUT2D eigenvalue weighted by molar-refractivity contribution is 5.85. The molecule has 1 fully saturated rings. The lowest BCUT2D eigenvalue weighted by Gasteiger charge is -2.19. The number of carboxylic acid groups (broad SMARTS) is 1. The monoisotopic (exact) mass is 237 g/mol. The molecule has 5 heteroatoms. The average Bonchev–Trinajstić information content (AvgIpc) is 2.65. The van der Waals surface area contributed by atoms with Crippen LogP contribution in [0.5, 0.6) is 0 Å². The molecule has 94 valence electrons. The van der Waals surface area contributed by atoms with E-state index in [1.54, 1.807) is 6.07 Å². The molecule has 0 radical (unpaired) electrons. The fourth-order valence-electron chi connectivity index (χ4n) is 2.16. The summed E-state index contributed by atoms with van der Waals surface area (Å²) in [5.41, 5.74) is 1.25. The zero-order valence-corrected chi connectivity index (χ0v) is 10.1. The summed E-state index contributed by atoms with van der Waals surface area (Å²) in [4.78, 5) is 18.4. The molecule has 0 bridgehead atoms. The third kappa shape index (κ3) is 3.31. The van der Waals surface area contributed by atoms with Crippen LogP contribution in [-0.4, -0.2) is 59.1 Å². The van der Waals surface area contributed by atoms with Crippen molar-refractivity contribution < 1.29 is 9.90 Å². The van der Waals surface area contributed by atoms with Crippen LogP contribution in [0.1, 0.15) is 22.6 Å². The van der Waals surface area contributed by atoms with Crippen LogP contribution in [0.3, 0.4) is 0 Å². The number of H-pyrrole nitrogens is 1. The van der Waals surface area contributed by atoms with Gasteiger partial charge < -0.3 is 15.0 Å². The second-order valence-electron chi connectivity index (χ2n) is 4.64. The van der Waals surface area contributed by atoms with Crippen LogP contribution in [0.15, 0.2) is 12.1 Å². The number of hydrogen-bond acceptors (Lipinski definition) is 3. The summed E-state index contributed by atoms with van der Waals surface area (Å²) in [7, 11) is 2.14. The molecule has 1 aromatic rings. The first-order chi connectivity index (χ1) is 8.15. The van der Waals surface area contributed by atoms with Crippen LogP contribution in [0.4, 0.5) is 0 Å². The minimum absolute atomic E-state index is 0.270. The lowest BCUT2D eigenvalue weighted by molar-refractivity contribution is 0.0691. The van der Waals surface area contributed by atoms with Crippen LogP contribution in [0.2, 0.25) is 0 Å². The first-order valence-electron chi connectivity index (χ1n) is 5.97. The Bertz CT molecular complexity index is 389. The Morgan fingerprint density at radius 3 is 2.88 bits per heavy atom. The fraction of sp³-hybridized carbons (Fsp3) is 0.583. The lowest BCUT2D eigenvalue weighted by Crippen LogP contribution is -2.28. The van der Waals surface area contributed by atoms with E-state index in [0.717, 1.165) is 38.4 Å². The molecule has 5 nitrogen and oxygen atoms in total. The molecule has 2 N–H and O–H groups in total. The number of aromatic nitrogens is 1. The molecule has 17 heavy (non-hydrogen) atoms. The molecule has 0 aliphatic carbocycles. The van der Waals surface area contributed by atoms with E-state index in [2.05, 4.69) is 21.8 Å². The standard InChI is InChI=1S/C12H19N3O2/c1-14-5-2-6-15(8-7-14)9-10-3-4-11(13-10)12(16)17/h3-4,13H,2,5-9H2,1H3,(H,16,17). The summed E-state index contributed by atoms with van der Waals surface area (Å²) in [6.45, 7) is 5.14. The molecule has 0 atom stereocenters. The van der Waals surface area contributed by atoms with Crippen LogP contribution in [0.25, 0.3) is 0 Å². The molecular formula is C12H19N3O2. The largest absolute Gasteiger partial charge is 0.477 e. The van der Waals surface area contributed by atoms with Gasteiger partial charge in [0, 0.05) is 25.3 Å². The van der Waals surface area contributed by atoms with Gasteiger partial charge in [-0.25, -0.2) is 4.79 Å². The van der Waals surface area contributed by atoms with Crippen LogP contribution < -0.4 is 0 Å². The number of aromatic carboxylic acids is 1. The number of carbonyl (C=O) groups is 1. The number of likely N-dealkylation sites (N-methyl/N-ethyl adjacent to an activating group) is 1. The van der Waals surface area contributed by atoms with Crippen molar-refractivity contribution in [2.45, 2.75) is 13.0 Å². The number of rotatable bonds is 3. The average molecular weight is 237 g/mol. The molecule has 0 spiro atoms. The van der Waals surface area contributed by atoms with Gasteiger partial charge >= 0.3 is 5.97 Å². The van der Waals surface area contributed by atoms with Crippen molar-refractivity contribution in [2.75, 3.05) is 33.2 Å². The van der Waals surface area contributed by atoms with E-state index in [1.165, 1.54) is 6.42 Å². The van der Waals surface area contributed by atoms with Crippen molar-refractivity contribution in [3.63, 3.8) is 0 Å². The molecule has 1 aromatic heterocycles. The molecule has 2 rings (SSSR count). The van der Waals surface area contributed by atoms with Gasteiger partial charge in [0.15, 0.2) is 0 Å². The smallest absolute Gasteiger partial charge is 0.352 e. The third-order valence-electron chi connectivity index (χ3n) is 3.18. The Balaban J connectivity index is 1.93. The lowest BCUT2D eigenvalue weighted by atomic mass is 10.3. The fourth-order valence-corrected chi connectivity index (χ4v) is 2.16. The van der Waals surface area contributed by atoms with Gasteiger partial charge in [0.1, 0.15) is 5.69 Å². The number of nitrogens with one attached hydrogen (secondary N) is 1.